The topological polar surface area (TPSA) is 41.6 Å². The van der Waals surface area contributed by atoms with E-state index >= 15 is 0 Å². The van der Waals surface area contributed by atoms with Crippen molar-refractivity contribution in [3.05, 3.63) is 35.4 Å². The van der Waals surface area contributed by atoms with E-state index in [0.717, 1.165) is 44.4 Å². The molecule has 1 aromatic rings. The highest BCUT2D eigenvalue weighted by Gasteiger charge is 2.16. The van der Waals surface area contributed by atoms with Crippen LogP contribution in [-0.4, -0.2) is 30.5 Å². The molecule has 20 heavy (non-hydrogen) atoms. The Morgan fingerprint density at radius 3 is 2.40 bits per heavy atom. The van der Waals surface area contributed by atoms with Crippen molar-refractivity contribution in [2.24, 2.45) is 16.6 Å². The molecule has 2 rings (SSSR count). The average Bonchev–Trinajstić information content (AvgIpc) is 2.48. The maximum atomic E-state index is 6.08. The van der Waals surface area contributed by atoms with Crippen molar-refractivity contribution in [3.8, 4) is 0 Å². The number of aliphatic imine (C=N–C) groups is 1. The molecule has 0 spiro atoms. The van der Waals surface area contributed by atoms with Crippen LogP contribution < -0.4 is 5.73 Å². The highest BCUT2D eigenvalue weighted by molar-refractivity contribution is 5.78. The molecule has 3 heteroatoms. The van der Waals surface area contributed by atoms with Gasteiger partial charge in [-0.1, -0.05) is 38.1 Å². The van der Waals surface area contributed by atoms with E-state index in [2.05, 4.69) is 48.0 Å². The van der Waals surface area contributed by atoms with Crippen molar-refractivity contribution in [3.63, 3.8) is 0 Å². The molecule has 1 saturated heterocycles. The van der Waals surface area contributed by atoms with Gasteiger partial charge in [0.05, 0.1) is 0 Å². The van der Waals surface area contributed by atoms with Crippen LogP contribution in [0.1, 0.15) is 37.8 Å². The summed E-state index contributed by atoms with van der Waals surface area (Å²) < 4.78 is 0. The average molecular weight is 273 g/mol. The molecule has 0 radical (unpaired) electrons. The molecular formula is C17H27N3. The minimum Gasteiger partial charge on any atom is -0.370 e. The smallest absolute Gasteiger partial charge is 0.191 e. The number of guanidine groups is 1. The number of hydrogen-bond donors (Lipinski definition) is 1. The van der Waals surface area contributed by atoms with Gasteiger partial charge in [-0.15, -0.1) is 0 Å². The molecule has 0 aromatic heterocycles. The van der Waals surface area contributed by atoms with E-state index in [1.54, 1.807) is 0 Å². The van der Waals surface area contributed by atoms with E-state index in [0.29, 0.717) is 0 Å². The van der Waals surface area contributed by atoms with E-state index in [1.165, 1.54) is 24.0 Å². The molecule has 0 unspecified atom stereocenters. The first-order valence-electron chi connectivity index (χ1n) is 7.81. The lowest BCUT2D eigenvalue weighted by molar-refractivity contribution is 0.277. The number of piperidine rings is 1. The standard InChI is InChI=1S/C17H27N3/c1-3-15-4-6-16(7-5-15)8-11-19-17(18)20-12-9-14(2)10-13-20/h4-7,14H,3,8-13H2,1-2H3,(H2,18,19). The van der Waals surface area contributed by atoms with Crippen molar-refractivity contribution in [1.29, 1.82) is 0 Å². The lowest BCUT2D eigenvalue weighted by Crippen LogP contribution is -2.42. The lowest BCUT2D eigenvalue weighted by Gasteiger charge is -2.31. The molecule has 0 amide bonds. The van der Waals surface area contributed by atoms with E-state index in [4.69, 9.17) is 5.73 Å². The number of rotatable bonds is 4. The second-order valence-electron chi connectivity index (χ2n) is 5.83. The van der Waals surface area contributed by atoms with E-state index in [1.807, 2.05) is 0 Å². The van der Waals surface area contributed by atoms with Crippen molar-refractivity contribution in [2.45, 2.75) is 39.5 Å². The van der Waals surface area contributed by atoms with Crippen LogP contribution in [0.25, 0.3) is 0 Å². The predicted octanol–water partition coefficient (Wildman–Crippen LogP) is 2.84. The molecular weight excluding hydrogens is 246 g/mol. The van der Waals surface area contributed by atoms with Gasteiger partial charge in [0.1, 0.15) is 0 Å². The quantitative estimate of drug-likeness (QED) is 0.677. The second-order valence-corrected chi connectivity index (χ2v) is 5.83. The van der Waals surface area contributed by atoms with Crippen LogP contribution in [0.15, 0.2) is 29.3 Å². The Kier molecular flexibility index (Phi) is 5.45. The van der Waals surface area contributed by atoms with E-state index in [9.17, 15) is 0 Å². The molecule has 0 bridgehead atoms. The Hall–Kier alpha value is -1.51. The number of hydrogen-bond acceptors (Lipinski definition) is 1. The fourth-order valence-corrected chi connectivity index (χ4v) is 2.58. The van der Waals surface area contributed by atoms with Gasteiger partial charge < -0.3 is 10.6 Å². The van der Waals surface area contributed by atoms with Gasteiger partial charge in [0.15, 0.2) is 5.96 Å². The molecule has 1 fully saturated rings. The molecule has 110 valence electrons. The van der Waals surface area contributed by atoms with Crippen LogP contribution >= 0.6 is 0 Å². The molecule has 3 nitrogen and oxygen atoms in total. The molecule has 1 aromatic carbocycles. The van der Waals surface area contributed by atoms with Gasteiger partial charge in [-0.3, -0.25) is 4.99 Å². The van der Waals surface area contributed by atoms with Gasteiger partial charge in [-0.25, -0.2) is 0 Å². The Labute approximate surface area is 122 Å². The fourth-order valence-electron chi connectivity index (χ4n) is 2.58. The molecule has 0 atom stereocenters. The van der Waals surface area contributed by atoms with Crippen molar-refractivity contribution in [1.82, 2.24) is 4.90 Å². The van der Waals surface area contributed by atoms with Crippen LogP contribution in [0.3, 0.4) is 0 Å². The molecule has 1 heterocycles. The van der Waals surface area contributed by atoms with Gasteiger partial charge in [-0.05, 0) is 42.7 Å². The van der Waals surface area contributed by atoms with Crippen molar-refractivity contribution < 1.29 is 0 Å². The maximum absolute atomic E-state index is 6.08. The zero-order valence-corrected chi connectivity index (χ0v) is 12.8. The SMILES string of the molecule is CCc1ccc(CCN=C(N)N2CCC(C)CC2)cc1. The fraction of sp³-hybridized carbons (Fsp3) is 0.588. The number of nitrogens with zero attached hydrogens (tertiary/aromatic N) is 2. The summed E-state index contributed by atoms with van der Waals surface area (Å²) in [6.45, 7) is 7.39. The monoisotopic (exact) mass is 273 g/mol. The first-order valence-corrected chi connectivity index (χ1v) is 7.81. The zero-order valence-electron chi connectivity index (χ0n) is 12.8. The van der Waals surface area contributed by atoms with Crippen LogP contribution in [0.2, 0.25) is 0 Å². The summed E-state index contributed by atoms with van der Waals surface area (Å²) in [5.41, 5.74) is 8.81. The molecule has 0 saturated carbocycles. The Morgan fingerprint density at radius 2 is 1.80 bits per heavy atom. The molecule has 1 aliphatic heterocycles. The highest BCUT2D eigenvalue weighted by atomic mass is 15.3. The van der Waals surface area contributed by atoms with Crippen molar-refractivity contribution in [2.75, 3.05) is 19.6 Å². The third-order valence-corrected chi connectivity index (χ3v) is 4.21. The van der Waals surface area contributed by atoms with Crippen molar-refractivity contribution >= 4 is 5.96 Å². The molecule has 0 aliphatic carbocycles. The first kappa shape index (κ1) is 14.9. The number of aryl methyl sites for hydroxylation is 1. The minimum absolute atomic E-state index is 0.724. The van der Waals surface area contributed by atoms with E-state index in [-0.39, 0.29) is 0 Å². The Morgan fingerprint density at radius 1 is 1.20 bits per heavy atom. The summed E-state index contributed by atoms with van der Waals surface area (Å²) in [5, 5.41) is 0. The summed E-state index contributed by atoms with van der Waals surface area (Å²) >= 11 is 0. The van der Waals surface area contributed by atoms with Gasteiger partial charge in [0.25, 0.3) is 0 Å². The molecule has 2 N–H and O–H groups in total. The Balaban J connectivity index is 1.79. The summed E-state index contributed by atoms with van der Waals surface area (Å²) in [7, 11) is 0. The third kappa shape index (κ3) is 4.26. The largest absolute Gasteiger partial charge is 0.370 e. The number of likely N-dealkylation sites (tertiary alicyclic amines) is 1. The molecule has 1 aliphatic rings. The zero-order chi connectivity index (χ0) is 14.4. The number of nitrogens with two attached hydrogens (primary N) is 1. The van der Waals surface area contributed by atoms with Gasteiger partial charge >= 0.3 is 0 Å². The van der Waals surface area contributed by atoms with Gasteiger partial charge in [0.2, 0.25) is 0 Å². The van der Waals surface area contributed by atoms with Crippen LogP contribution in [0.4, 0.5) is 0 Å². The van der Waals surface area contributed by atoms with E-state index < -0.39 is 0 Å². The highest BCUT2D eigenvalue weighted by Crippen LogP contribution is 2.15. The first-order chi connectivity index (χ1) is 9.69. The summed E-state index contributed by atoms with van der Waals surface area (Å²) in [6.07, 6.45) is 4.52. The third-order valence-electron chi connectivity index (χ3n) is 4.21. The predicted molar refractivity (Wildman–Crippen MR) is 86.0 cm³/mol. The summed E-state index contributed by atoms with van der Waals surface area (Å²) in [4.78, 5) is 6.75. The van der Waals surface area contributed by atoms with Crippen LogP contribution in [0.5, 0.6) is 0 Å². The summed E-state index contributed by atoms with van der Waals surface area (Å²) in [5.74, 6) is 1.55. The maximum Gasteiger partial charge on any atom is 0.191 e. The van der Waals surface area contributed by atoms with Gasteiger partial charge in [-0.2, -0.15) is 0 Å². The van der Waals surface area contributed by atoms with Gasteiger partial charge in [0, 0.05) is 19.6 Å². The Bertz CT molecular complexity index is 428. The normalized spacial score (nSPS) is 17.5. The lowest BCUT2D eigenvalue weighted by atomic mass is 10.00. The summed E-state index contributed by atoms with van der Waals surface area (Å²) in [6, 6.07) is 8.81. The second kappa shape index (κ2) is 7.32. The number of benzene rings is 1. The van der Waals surface area contributed by atoms with Crippen LogP contribution in [0, 0.1) is 5.92 Å². The van der Waals surface area contributed by atoms with Crippen LogP contribution in [-0.2, 0) is 12.8 Å². The minimum atomic E-state index is 0.724.